The summed E-state index contributed by atoms with van der Waals surface area (Å²) in [7, 11) is 0. The van der Waals surface area contributed by atoms with E-state index in [4.69, 9.17) is 5.73 Å². The van der Waals surface area contributed by atoms with E-state index in [0.29, 0.717) is 6.54 Å². The van der Waals surface area contributed by atoms with E-state index in [9.17, 15) is 0 Å². The van der Waals surface area contributed by atoms with Crippen LogP contribution in [0.4, 0.5) is 0 Å². The van der Waals surface area contributed by atoms with Crippen LogP contribution in [0.2, 0.25) is 0 Å². The molecule has 2 nitrogen and oxygen atoms in total. The molecule has 0 radical (unpaired) electrons. The molecule has 0 aliphatic rings. The van der Waals surface area contributed by atoms with E-state index < -0.39 is 0 Å². The summed E-state index contributed by atoms with van der Waals surface area (Å²) >= 11 is 0. The number of hydrogen-bond acceptors (Lipinski definition) is 2. The number of nitrogens with two attached hydrogens (primary N) is 1. The standard InChI is InChI=1S/C19H26N2/c1-19(2,3)17-11-9-16(10-12-17)18(13-20)21-14-15-7-5-4-6-8-15/h4-12,18,21H,13-14,20H2,1-3H3. The van der Waals surface area contributed by atoms with Crippen LogP contribution >= 0.6 is 0 Å². The van der Waals surface area contributed by atoms with Crippen LogP contribution in [0.15, 0.2) is 54.6 Å². The molecule has 0 saturated carbocycles. The van der Waals surface area contributed by atoms with Crippen molar-refractivity contribution in [3.8, 4) is 0 Å². The molecule has 0 aliphatic heterocycles. The predicted octanol–water partition coefficient (Wildman–Crippen LogP) is 3.77. The molecule has 0 heterocycles. The van der Waals surface area contributed by atoms with Gasteiger partial charge in [0.1, 0.15) is 0 Å². The quantitative estimate of drug-likeness (QED) is 0.876. The third-order valence-corrected chi connectivity index (χ3v) is 3.81. The molecule has 0 bridgehead atoms. The first-order valence-electron chi connectivity index (χ1n) is 7.58. The van der Waals surface area contributed by atoms with Crippen molar-refractivity contribution in [3.05, 3.63) is 71.3 Å². The summed E-state index contributed by atoms with van der Waals surface area (Å²) in [5, 5.41) is 3.54. The summed E-state index contributed by atoms with van der Waals surface area (Å²) in [6, 6.07) is 19.4. The van der Waals surface area contributed by atoms with Crippen molar-refractivity contribution in [3.63, 3.8) is 0 Å². The van der Waals surface area contributed by atoms with Crippen LogP contribution in [-0.4, -0.2) is 6.54 Å². The Morgan fingerprint density at radius 2 is 1.57 bits per heavy atom. The zero-order chi connectivity index (χ0) is 15.3. The highest BCUT2D eigenvalue weighted by Gasteiger charge is 2.14. The molecule has 2 aromatic rings. The normalized spacial score (nSPS) is 13.1. The molecular weight excluding hydrogens is 256 g/mol. The van der Waals surface area contributed by atoms with Crippen molar-refractivity contribution in [1.29, 1.82) is 0 Å². The molecule has 0 amide bonds. The zero-order valence-electron chi connectivity index (χ0n) is 13.3. The lowest BCUT2D eigenvalue weighted by molar-refractivity contribution is 0.540. The Hall–Kier alpha value is -1.64. The second kappa shape index (κ2) is 6.88. The highest BCUT2D eigenvalue weighted by atomic mass is 14.9. The van der Waals surface area contributed by atoms with E-state index in [0.717, 1.165) is 6.54 Å². The van der Waals surface area contributed by atoms with Gasteiger partial charge in [-0.3, -0.25) is 0 Å². The molecule has 0 aliphatic carbocycles. The van der Waals surface area contributed by atoms with Crippen LogP contribution in [-0.2, 0) is 12.0 Å². The average molecular weight is 282 g/mol. The van der Waals surface area contributed by atoms with Crippen molar-refractivity contribution in [2.24, 2.45) is 5.73 Å². The second-order valence-corrected chi connectivity index (χ2v) is 6.53. The Labute approximate surface area is 128 Å². The summed E-state index contributed by atoms with van der Waals surface area (Å²) < 4.78 is 0. The molecule has 0 fully saturated rings. The van der Waals surface area contributed by atoms with E-state index >= 15 is 0 Å². The van der Waals surface area contributed by atoms with Crippen molar-refractivity contribution in [1.82, 2.24) is 5.32 Å². The molecule has 1 atom stereocenters. The minimum Gasteiger partial charge on any atom is -0.329 e. The van der Waals surface area contributed by atoms with Gasteiger partial charge in [-0.25, -0.2) is 0 Å². The Bertz CT molecular complexity index is 538. The smallest absolute Gasteiger partial charge is 0.0447 e. The van der Waals surface area contributed by atoms with E-state index in [2.05, 4.69) is 74.6 Å². The van der Waals surface area contributed by atoms with E-state index in [1.165, 1.54) is 16.7 Å². The highest BCUT2D eigenvalue weighted by Crippen LogP contribution is 2.23. The summed E-state index contributed by atoms with van der Waals surface area (Å²) in [5.41, 5.74) is 10.0. The number of nitrogens with one attached hydrogen (secondary N) is 1. The topological polar surface area (TPSA) is 38.0 Å². The number of hydrogen-bond donors (Lipinski definition) is 2. The molecule has 2 heteroatoms. The number of benzene rings is 2. The molecule has 0 spiro atoms. The van der Waals surface area contributed by atoms with Gasteiger partial charge in [-0.1, -0.05) is 75.4 Å². The van der Waals surface area contributed by atoms with Crippen molar-refractivity contribution in [2.45, 2.75) is 38.8 Å². The third-order valence-electron chi connectivity index (χ3n) is 3.81. The van der Waals surface area contributed by atoms with Gasteiger partial charge in [0.25, 0.3) is 0 Å². The predicted molar refractivity (Wildman–Crippen MR) is 90.2 cm³/mol. The lowest BCUT2D eigenvalue weighted by Crippen LogP contribution is -2.28. The minimum absolute atomic E-state index is 0.189. The van der Waals surface area contributed by atoms with E-state index in [1.807, 2.05) is 6.07 Å². The summed E-state index contributed by atoms with van der Waals surface area (Å²) in [5.74, 6) is 0. The molecule has 2 aromatic carbocycles. The van der Waals surface area contributed by atoms with E-state index in [-0.39, 0.29) is 11.5 Å². The van der Waals surface area contributed by atoms with Gasteiger partial charge >= 0.3 is 0 Å². The Morgan fingerprint density at radius 1 is 0.952 bits per heavy atom. The molecule has 21 heavy (non-hydrogen) atoms. The maximum absolute atomic E-state index is 5.93. The summed E-state index contributed by atoms with van der Waals surface area (Å²) in [6.45, 7) is 8.13. The largest absolute Gasteiger partial charge is 0.329 e. The SMILES string of the molecule is CC(C)(C)c1ccc(C(CN)NCc2ccccc2)cc1. The van der Waals surface area contributed by atoms with Gasteiger partial charge in [0.15, 0.2) is 0 Å². The Morgan fingerprint density at radius 3 is 2.10 bits per heavy atom. The molecule has 1 unspecified atom stereocenters. The molecule has 112 valence electrons. The maximum Gasteiger partial charge on any atom is 0.0447 e. The van der Waals surface area contributed by atoms with Crippen molar-refractivity contribution in [2.75, 3.05) is 6.54 Å². The lowest BCUT2D eigenvalue weighted by atomic mass is 9.86. The first-order valence-corrected chi connectivity index (χ1v) is 7.58. The van der Waals surface area contributed by atoms with Crippen LogP contribution in [0.5, 0.6) is 0 Å². The van der Waals surface area contributed by atoms with Gasteiger partial charge in [-0.05, 0) is 22.1 Å². The monoisotopic (exact) mass is 282 g/mol. The minimum atomic E-state index is 0.189. The highest BCUT2D eigenvalue weighted by molar-refractivity contribution is 5.29. The molecule has 2 rings (SSSR count). The molecule has 0 aromatic heterocycles. The van der Waals surface area contributed by atoms with Gasteiger partial charge in [-0.2, -0.15) is 0 Å². The van der Waals surface area contributed by atoms with Crippen LogP contribution in [0.1, 0.15) is 43.5 Å². The Kier molecular flexibility index (Phi) is 5.16. The maximum atomic E-state index is 5.93. The average Bonchev–Trinajstić information content (AvgIpc) is 2.48. The fraction of sp³-hybridized carbons (Fsp3) is 0.368. The van der Waals surface area contributed by atoms with Crippen LogP contribution in [0.25, 0.3) is 0 Å². The summed E-state index contributed by atoms with van der Waals surface area (Å²) in [6.07, 6.45) is 0. The van der Waals surface area contributed by atoms with Crippen LogP contribution < -0.4 is 11.1 Å². The fourth-order valence-electron chi connectivity index (χ4n) is 2.39. The van der Waals surface area contributed by atoms with Gasteiger partial charge in [0.05, 0.1) is 0 Å². The van der Waals surface area contributed by atoms with Crippen molar-refractivity contribution >= 4 is 0 Å². The molecular formula is C19H26N2. The third kappa shape index (κ3) is 4.42. The van der Waals surface area contributed by atoms with Gasteiger partial charge < -0.3 is 11.1 Å². The second-order valence-electron chi connectivity index (χ2n) is 6.53. The van der Waals surface area contributed by atoms with Gasteiger partial charge in [-0.15, -0.1) is 0 Å². The first kappa shape index (κ1) is 15.7. The number of rotatable bonds is 5. The first-order chi connectivity index (χ1) is 10.0. The zero-order valence-corrected chi connectivity index (χ0v) is 13.3. The fourth-order valence-corrected chi connectivity index (χ4v) is 2.39. The van der Waals surface area contributed by atoms with E-state index in [1.54, 1.807) is 0 Å². The van der Waals surface area contributed by atoms with Gasteiger partial charge in [0.2, 0.25) is 0 Å². The van der Waals surface area contributed by atoms with Crippen LogP contribution in [0.3, 0.4) is 0 Å². The molecule has 3 N–H and O–H groups in total. The van der Waals surface area contributed by atoms with Crippen molar-refractivity contribution < 1.29 is 0 Å². The Balaban J connectivity index is 2.04. The lowest BCUT2D eigenvalue weighted by Gasteiger charge is -2.22. The van der Waals surface area contributed by atoms with Gasteiger partial charge in [0, 0.05) is 19.1 Å². The molecule has 0 saturated heterocycles. The summed E-state index contributed by atoms with van der Waals surface area (Å²) in [4.78, 5) is 0. The van der Waals surface area contributed by atoms with Crippen LogP contribution in [0, 0.1) is 0 Å².